The van der Waals surface area contributed by atoms with E-state index in [1.54, 1.807) is 33.0 Å². The highest BCUT2D eigenvalue weighted by molar-refractivity contribution is 5.45. The van der Waals surface area contributed by atoms with Gasteiger partial charge in [0.25, 0.3) is 0 Å². The summed E-state index contributed by atoms with van der Waals surface area (Å²) in [6.07, 6.45) is 1.70. The Morgan fingerprint density at radius 2 is 2.07 bits per heavy atom. The van der Waals surface area contributed by atoms with E-state index in [0.717, 1.165) is 0 Å². The van der Waals surface area contributed by atoms with Crippen LogP contribution in [-0.2, 0) is 0 Å². The minimum Gasteiger partial charge on any atom is -0.502 e. The molecule has 0 spiro atoms. The zero-order valence-corrected chi connectivity index (χ0v) is 8.55. The maximum Gasteiger partial charge on any atom is 0.219 e. The fourth-order valence-corrected chi connectivity index (χ4v) is 0.920. The second-order valence-corrected chi connectivity index (χ2v) is 3.67. The molecule has 0 saturated carbocycles. The molecule has 74 valence electrons. The lowest BCUT2D eigenvalue weighted by Gasteiger charge is -2.05. The highest BCUT2D eigenvalue weighted by Crippen LogP contribution is 2.15. The van der Waals surface area contributed by atoms with Gasteiger partial charge in [0.2, 0.25) is 5.69 Å². The van der Waals surface area contributed by atoms with Crippen molar-refractivity contribution in [2.75, 3.05) is 0 Å². The van der Waals surface area contributed by atoms with Crippen LogP contribution in [0.5, 0.6) is 5.75 Å². The van der Waals surface area contributed by atoms with Crippen LogP contribution in [-0.4, -0.2) is 15.8 Å². The van der Waals surface area contributed by atoms with Gasteiger partial charge in [0.1, 0.15) is 5.60 Å². The lowest BCUT2D eigenvalue weighted by molar-refractivity contribution is -0.388. The lowest BCUT2D eigenvalue weighted by Crippen LogP contribution is -2.14. The predicted molar refractivity (Wildman–Crippen MR) is 52.6 cm³/mol. The number of hydrogen-bond donors (Lipinski definition) is 2. The summed E-state index contributed by atoms with van der Waals surface area (Å²) in [5.74, 6) is 5.49. The summed E-state index contributed by atoms with van der Waals surface area (Å²) in [6.45, 7) is 4.95. The van der Waals surface area contributed by atoms with E-state index in [-0.39, 0.29) is 5.75 Å². The van der Waals surface area contributed by atoms with Crippen molar-refractivity contribution in [3.8, 4) is 17.6 Å². The molecule has 0 aromatic carbocycles. The highest BCUT2D eigenvalue weighted by Gasteiger charge is 2.09. The Morgan fingerprint density at radius 3 is 2.64 bits per heavy atom. The summed E-state index contributed by atoms with van der Waals surface area (Å²) in [5.41, 5.74) is 0.135. The average Bonchev–Trinajstić information content (AvgIpc) is 2.06. The third-order valence-electron chi connectivity index (χ3n) is 1.66. The molecular weight excluding hydrogens is 178 g/mol. The first kappa shape index (κ1) is 10.6. The van der Waals surface area contributed by atoms with Crippen molar-refractivity contribution in [2.24, 2.45) is 0 Å². The van der Waals surface area contributed by atoms with Crippen molar-refractivity contribution in [3.63, 3.8) is 0 Å². The van der Waals surface area contributed by atoms with E-state index < -0.39 is 5.60 Å². The van der Waals surface area contributed by atoms with E-state index in [0.29, 0.717) is 11.3 Å². The molecule has 0 saturated heterocycles. The molecule has 1 aromatic rings. The smallest absolute Gasteiger partial charge is 0.219 e. The highest BCUT2D eigenvalue weighted by atomic mass is 16.3. The number of hydrogen-bond acceptors (Lipinski definition) is 2. The molecule has 14 heavy (non-hydrogen) atoms. The van der Waals surface area contributed by atoms with Crippen LogP contribution in [0.4, 0.5) is 0 Å². The van der Waals surface area contributed by atoms with Crippen molar-refractivity contribution in [1.82, 2.24) is 0 Å². The molecular formula is C11H14NO2+. The van der Waals surface area contributed by atoms with E-state index in [1.807, 2.05) is 0 Å². The van der Waals surface area contributed by atoms with E-state index in [9.17, 15) is 10.2 Å². The number of aromatic amines is 1. The Morgan fingerprint density at radius 1 is 1.43 bits per heavy atom. The second kappa shape index (κ2) is 3.69. The van der Waals surface area contributed by atoms with Crippen molar-refractivity contribution in [2.45, 2.75) is 26.4 Å². The fourth-order valence-electron chi connectivity index (χ4n) is 0.920. The molecule has 3 N–H and O–H groups in total. The summed E-state index contributed by atoms with van der Waals surface area (Å²) in [5, 5.41) is 19.0. The Labute approximate surface area is 83.4 Å². The molecule has 0 aliphatic heterocycles. The van der Waals surface area contributed by atoms with Crippen molar-refractivity contribution in [1.29, 1.82) is 0 Å². The molecule has 0 aliphatic rings. The SMILES string of the molecule is Cc1[nH+]ccc(C#CC(C)(C)O)c1O. The first-order valence-electron chi connectivity index (χ1n) is 4.36. The number of rotatable bonds is 0. The standard InChI is InChI=1S/C11H13NO2/c1-8-10(13)9(5-7-12-8)4-6-11(2,3)14/h5,7,13-14H,1-3H3/p+1. The number of H-pyrrole nitrogens is 1. The normalized spacial score (nSPS) is 10.6. The quantitative estimate of drug-likeness (QED) is 0.592. The van der Waals surface area contributed by atoms with Gasteiger partial charge in [-0.25, -0.2) is 4.98 Å². The number of aromatic nitrogens is 1. The minimum absolute atomic E-state index is 0.129. The Hall–Kier alpha value is -1.53. The van der Waals surface area contributed by atoms with E-state index in [1.165, 1.54) is 0 Å². The van der Waals surface area contributed by atoms with Gasteiger partial charge in [0, 0.05) is 13.0 Å². The summed E-state index contributed by atoms with van der Waals surface area (Å²) in [4.78, 5) is 2.86. The Balaban J connectivity index is 3.08. The van der Waals surface area contributed by atoms with Crippen LogP contribution in [0, 0.1) is 18.8 Å². The van der Waals surface area contributed by atoms with Gasteiger partial charge in [-0.15, -0.1) is 0 Å². The molecule has 3 nitrogen and oxygen atoms in total. The molecule has 0 aliphatic carbocycles. The molecule has 0 radical (unpaired) electrons. The first-order valence-corrected chi connectivity index (χ1v) is 4.36. The molecule has 3 heteroatoms. The molecule has 0 atom stereocenters. The number of aliphatic hydroxyl groups is 1. The van der Waals surface area contributed by atoms with Gasteiger partial charge in [-0.05, 0) is 13.8 Å². The summed E-state index contributed by atoms with van der Waals surface area (Å²) in [6, 6.07) is 1.67. The van der Waals surface area contributed by atoms with Crippen molar-refractivity contribution in [3.05, 3.63) is 23.5 Å². The molecule has 1 rings (SSSR count). The molecule has 1 heterocycles. The third-order valence-corrected chi connectivity index (χ3v) is 1.66. The van der Waals surface area contributed by atoms with Gasteiger partial charge in [0.05, 0.1) is 5.56 Å². The van der Waals surface area contributed by atoms with Crippen LogP contribution in [0.1, 0.15) is 25.1 Å². The van der Waals surface area contributed by atoms with Crippen LogP contribution >= 0.6 is 0 Å². The summed E-state index contributed by atoms with van der Waals surface area (Å²) >= 11 is 0. The van der Waals surface area contributed by atoms with Gasteiger partial charge < -0.3 is 10.2 Å². The van der Waals surface area contributed by atoms with Crippen LogP contribution < -0.4 is 4.98 Å². The second-order valence-electron chi connectivity index (χ2n) is 3.67. The zero-order valence-electron chi connectivity index (χ0n) is 8.55. The minimum atomic E-state index is -1.04. The van der Waals surface area contributed by atoms with E-state index in [2.05, 4.69) is 16.8 Å². The van der Waals surface area contributed by atoms with Crippen molar-refractivity contribution >= 4 is 0 Å². The van der Waals surface area contributed by atoms with Gasteiger partial charge >= 0.3 is 0 Å². The average molecular weight is 192 g/mol. The lowest BCUT2D eigenvalue weighted by atomic mass is 10.1. The topological polar surface area (TPSA) is 54.6 Å². The van der Waals surface area contributed by atoms with Crippen LogP contribution in [0.15, 0.2) is 12.3 Å². The molecule has 0 fully saturated rings. The van der Waals surface area contributed by atoms with Gasteiger partial charge in [-0.1, -0.05) is 11.8 Å². The number of pyridine rings is 1. The van der Waals surface area contributed by atoms with Gasteiger partial charge in [-0.2, -0.15) is 0 Å². The number of aryl methyl sites for hydroxylation is 1. The molecule has 0 amide bonds. The predicted octanol–water partition coefficient (Wildman–Crippen LogP) is 0.637. The van der Waals surface area contributed by atoms with Crippen LogP contribution in [0.2, 0.25) is 0 Å². The first-order chi connectivity index (χ1) is 6.40. The number of aromatic hydroxyl groups is 1. The maximum atomic E-state index is 9.58. The van der Waals surface area contributed by atoms with Crippen molar-refractivity contribution < 1.29 is 15.2 Å². The van der Waals surface area contributed by atoms with Crippen LogP contribution in [0.3, 0.4) is 0 Å². The van der Waals surface area contributed by atoms with Gasteiger partial charge in [0.15, 0.2) is 11.9 Å². The molecule has 0 unspecified atom stereocenters. The van der Waals surface area contributed by atoms with E-state index in [4.69, 9.17) is 0 Å². The molecule has 0 bridgehead atoms. The van der Waals surface area contributed by atoms with E-state index >= 15 is 0 Å². The third kappa shape index (κ3) is 2.75. The Bertz CT molecular complexity index is 394. The zero-order chi connectivity index (χ0) is 10.8. The fraction of sp³-hybridized carbons (Fsp3) is 0.364. The summed E-state index contributed by atoms with van der Waals surface area (Å²) < 4.78 is 0. The monoisotopic (exact) mass is 192 g/mol. The molecule has 1 aromatic heterocycles. The van der Waals surface area contributed by atoms with Gasteiger partial charge in [-0.3, -0.25) is 0 Å². The maximum absolute atomic E-state index is 9.58. The number of nitrogens with one attached hydrogen (secondary N) is 1. The Kier molecular flexibility index (Phi) is 2.78. The summed E-state index contributed by atoms with van der Waals surface area (Å²) in [7, 11) is 0. The van der Waals surface area contributed by atoms with Crippen LogP contribution in [0.25, 0.3) is 0 Å². The largest absolute Gasteiger partial charge is 0.502 e.